The Balaban J connectivity index is 4.04. The minimum atomic E-state index is 1.11. The van der Waals surface area contributed by atoms with Crippen LogP contribution >= 0.6 is 0 Å². The summed E-state index contributed by atoms with van der Waals surface area (Å²) in [5, 5.41) is 0. The summed E-state index contributed by atoms with van der Waals surface area (Å²) < 4.78 is 11.1. The molecule has 0 rings (SSSR count). The lowest BCUT2D eigenvalue weighted by Crippen LogP contribution is -1.52. The highest BCUT2D eigenvalue weighted by Crippen LogP contribution is 1.55. The van der Waals surface area contributed by atoms with Gasteiger partial charge in [-0.05, 0) is 23.7 Å². The molecule has 0 aliphatic carbocycles. The summed E-state index contributed by atoms with van der Waals surface area (Å²) in [4.78, 5) is 0. The smallest absolute Gasteiger partial charge is 0.119 e. The Morgan fingerprint density at radius 3 is 1.64 bits per heavy atom. The van der Waals surface area contributed by atoms with Crippen molar-refractivity contribution in [3.63, 3.8) is 0 Å². The van der Waals surface area contributed by atoms with E-state index in [4.69, 9.17) is 6.42 Å². The Labute approximate surface area is 65.2 Å². The number of rotatable bonds is 0. The van der Waals surface area contributed by atoms with E-state index in [1.165, 1.54) is 0 Å². The van der Waals surface area contributed by atoms with Crippen molar-refractivity contribution in [2.24, 2.45) is 0 Å². The number of hydrogen-bond acceptors (Lipinski definition) is 0. The fourth-order valence-electron chi connectivity index (χ4n) is 0.216. The molecule has 0 bridgehead atoms. The molecule has 0 saturated heterocycles. The van der Waals surface area contributed by atoms with E-state index in [1.54, 1.807) is 0 Å². The summed E-state index contributed by atoms with van der Waals surface area (Å²) in [7, 11) is 0. The molecule has 11 heavy (non-hydrogen) atoms. The van der Waals surface area contributed by atoms with E-state index in [-0.39, 0.29) is 0 Å². The molecule has 48 valence electrons. The Hall–Kier alpha value is -2.27. The summed E-state index contributed by atoms with van der Waals surface area (Å²) in [6, 6.07) is 0. The van der Waals surface area contributed by atoms with Gasteiger partial charge in [0, 0.05) is 23.7 Å². The predicted molar refractivity (Wildman–Crippen MR) is 41.0 cm³/mol. The van der Waals surface area contributed by atoms with Gasteiger partial charge in [0.05, 0.1) is 0 Å². The van der Waals surface area contributed by atoms with Crippen molar-refractivity contribution in [2.75, 3.05) is 0 Å². The van der Waals surface area contributed by atoms with Gasteiger partial charge in [0.15, 0.2) is 0 Å². The fourth-order valence-corrected chi connectivity index (χ4v) is 0.216. The molecule has 0 heterocycles. The molecule has 0 aliphatic heterocycles. The topological polar surface area (TPSA) is 0 Å². The second-order valence-corrected chi connectivity index (χ2v) is 1.11. The summed E-state index contributed by atoms with van der Waals surface area (Å²) in [5.74, 6) is 17.5. The molecule has 0 nitrogen and oxygen atoms in total. The van der Waals surface area contributed by atoms with Gasteiger partial charge >= 0.3 is 0 Å². The molecular formula is C10HF. The second kappa shape index (κ2) is 7.73. The molecule has 0 unspecified atom stereocenters. The lowest BCUT2D eigenvalue weighted by molar-refractivity contribution is 0.774. The van der Waals surface area contributed by atoms with Crippen LogP contribution in [-0.2, 0) is 0 Å². The lowest BCUT2D eigenvalue weighted by Gasteiger charge is -1.52. The monoisotopic (exact) mass is 140 g/mol. The van der Waals surface area contributed by atoms with Crippen LogP contribution in [0.25, 0.3) is 0 Å². The second-order valence-electron chi connectivity index (χ2n) is 1.11. The van der Waals surface area contributed by atoms with E-state index in [0.717, 1.165) is 6.17 Å². The first-order chi connectivity index (χ1) is 5.41. The first kappa shape index (κ1) is 8.73. The maximum atomic E-state index is 11.1. The molecule has 0 fully saturated rings. The average Bonchev–Trinajstić information content (AvgIpc) is 2.03. The molecule has 0 radical (unpaired) electrons. The van der Waals surface area contributed by atoms with Gasteiger partial charge in [-0.25, -0.2) is 0 Å². The standard InChI is InChI=1S/C10HF/c1-2-3-4-5-6-7-8-9-10-11/h1H. The van der Waals surface area contributed by atoms with Crippen molar-refractivity contribution >= 4 is 0 Å². The number of halogens is 1. The Kier molecular flexibility index (Phi) is 6.13. The molecule has 0 atom stereocenters. The highest BCUT2D eigenvalue weighted by atomic mass is 19.1. The van der Waals surface area contributed by atoms with Gasteiger partial charge in [0.2, 0.25) is 0 Å². The van der Waals surface area contributed by atoms with Gasteiger partial charge in [-0.15, -0.1) is 10.8 Å². The minimum absolute atomic E-state index is 1.11. The quantitative estimate of drug-likeness (QED) is 0.431. The van der Waals surface area contributed by atoms with Crippen LogP contribution < -0.4 is 0 Å². The third-order valence-corrected chi connectivity index (χ3v) is 0.494. The molecule has 1 heteroatoms. The summed E-state index contributed by atoms with van der Waals surface area (Å²) in [5.41, 5.74) is 0. The first-order valence-corrected chi connectivity index (χ1v) is 2.48. The molecule has 0 spiro atoms. The van der Waals surface area contributed by atoms with E-state index < -0.39 is 0 Å². The third-order valence-electron chi connectivity index (χ3n) is 0.494. The van der Waals surface area contributed by atoms with Gasteiger partial charge in [-0.2, -0.15) is 0 Å². The average molecular weight is 140 g/mol. The molecule has 0 saturated carbocycles. The van der Waals surface area contributed by atoms with Gasteiger partial charge in [0.1, 0.15) is 6.17 Å². The highest BCUT2D eigenvalue weighted by Gasteiger charge is 1.54. The molecule has 0 N–H and O–H groups in total. The van der Waals surface area contributed by atoms with Crippen molar-refractivity contribution in [1.29, 1.82) is 0 Å². The SMILES string of the molecule is C#CC#CC#CC#CC#CF. The van der Waals surface area contributed by atoms with Crippen LogP contribution in [0.1, 0.15) is 0 Å². The van der Waals surface area contributed by atoms with Crippen LogP contribution in [-0.4, -0.2) is 0 Å². The van der Waals surface area contributed by atoms with Crippen molar-refractivity contribution < 1.29 is 4.39 Å². The Morgan fingerprint density at radius 2 is 1.18 bits per heavy atom. The van der Waals surface area contributed by atoms with Gasteiger partial charge in [0.25, 0.3) is 0 Å². The summed E-state index contributed by atoms with van der Waals surface area (Å²) >= 11 is 0. The van der Waals surface area contributed by atoms with Crippen molar-refractivity contribution in [3.05, 3.63) is 0 Å². The van der Waals surface area contributed by atoms with E-state index in [2.05, 4.69) is 41.4 Å². The largest absolute Gasteiger partial charge is 0.143 e. The van der Waals surface area contributed by atoms with Crippen LogP contribution in [0.2, 0.25) is 0 Å². The van der Waals surface area contributed by atoms with Crippen LogP contribution in [0, 0.1) is 60.0 Å². The maximum absolute atomic E-state index is 11.1. The van der Waals surface area contributed by atoms with E-state index in [0.29, 0.717) is 0 Å². The summed E-state index contributed by atoms with van der Waals surface area (Å²) in [6.45, 7) is 0. The molecule has 0 aliphatic rings. The zero-order chi connectivity index (χ0) is 8.36. The highest BCUT2D eigenvalue weighted by molar-refractivity contribution is 5.41. The molecule has 0 aromatic carbocycles. The van der Waals surface area contributed by atoms with Crippen molar-refractivity contribution in [2.45, 2.75) is 0 Å². The zero-order valence-electron chi connectivity index (χ0n) is 5.46. The molecular weight excluding hydrogens is 139 g/mol. The van der Waals surface area contributed by atoms with E-state index in [1.807, 2.05) is 5.92 Å². The Morgan fingerprint density at radius 1 is 0.727 bits per heavy atom. The van der Waals surface area contributed by atoms with Crippen molar-refractivity contribution in [1.82, 2.24) is 0 Å². The summed E-state index contributed by atoms with van der Waals surface area (Å²) in [6.07, 6.45) is 5.90. The fraction of sp³-hybridized carbons (Fsp3) is 0. The van der Waals surface area contributed by atoms with Gasteiger partial charge in [-0.1, -0.05) is 0 Å². The van der Waals surface area contributed by atoms with Crippen LogP contribution in [0.3, 0.4) is 0 Å². The van der Waals surface area contributed by atoms with Crippen LogP contribution in [0.5, 0.6) is 0 Å². The van der Waals surface area contributed by atoms with E-state index in [9.17, 15) is 4.39 Å². The molecule has 0 aromatic rings. The molecule has 0 amide bonds. The maximum Gasteiger partial charge on any atom is 0.119 e. The zero-order valence-corrected chi connectivity index (χ0v) is 5.46. The predicted octanol–water partition coefficient (Wildman–Crippen LogP) is 0.560. The number of hydrogen-bond donors (Lipinski definition) is 0. The van der Waals surface area contributed by atoms with Gasteiger partial charge in [-0.3, -0.25) is 0 Å². The van der Waals surface area contributed by atoms with Crippen molar-refractivity contribution in [3.8, 4) is 60.0 Å². The van der Waals surface area contributed by atoms with Crippen LogP contribution in [0.4, 0.5) is 4.39 Å². The lowest BCUT2D eigenvalue weighted by atomic mass is 10.5. The third kappa shape index (κ3) is 7.73. The van der Waals surface area contributed by atoms with Crippen LogP contribution in [0.15, 0.2) is 0 Å². The van der Waals surface area contributed by atoms with E-state index >= 15 is 0 Å². The molecule has 0 aromatic heterocycles. The normalized spacial score (nSPS) is 3.64. The first-order valence-electron chi connectivity index (χ1n) is 2.48. The number of terminal acetylenes is 1. The minimum Gasteiger partial charge on any atom is -0.143 e. The Bertz CT molecular complexity index is 391. The van der Waals surface area contributed by atoms with Gasteiger partial charge < -0.3 is 0 Å².